The van der Waals surface area contributed by atoms with E-state index in [0.29, 0.717) is 23.6 Å². The van der Waals surface area contributed by atoms with E-state index < -0.39 is 0 Å². The van der Waals surface area contributed by atoms with Crippen molar-refractivity contribution in [3.05, 3.63) is 41.7 Å². The summed E-state index contributed by atoms with van der Waals surface area (Å²) >= 11 is 0. The Kier molecular flexibility index (Phi) is 3.77. The van der Waals surface area contributed by atoms with Crippen LogP contribution >= 0.6 is 0 Å². The van der Waals surface area contributed by atoms with E-state index in [9.17, 15) is 4.79 Å². The maximum Gasteiger partial charge on any atom is 0.251 e. The molecule has 1 amide bonds. The van der Waals surface area contributed by atoms with Gasteiger partial charge in [-0.05, 0) is 37.1 Å². The second kappa shape index (κ2) is 5.87. The molecule has 21 heavy (non-hydrogen) atoms. The molecule has 0 spiro atoms. The van der Waals surface area contributed by atoms with Gasteiger partial charge in [0.25, 0.3) is 5.91 Å². The predicted octanol–water partition coefficient (Wildman–Crippen LogP) is 1.74. The van der Waals surface area contributed by atoms with Crippen molar-refractivity contribution in [1.29, 1.82) is 0 Å². The van der Waals surface area contributed by atoms with Gasteiger partial charge in [-0.1, -0.05) is 0 Å². The molecule has 0 saturated carbocycles. The number of hydrogen-bond acceptors (Lipinski definition) is 4. The van der Waals surface area contributed by atoms with Crippen molar-refractivity contribution in [3.8, 4) is 11.5 Å². The zero-order valence-electron chi connectivity index (χ0n) is 11.8. The summed E-state index contributed by atoms with van der Waals surface area (Å²) in [5, 5.41) is 7.09. The van der Waals surface area contributed by atoms with E-state index in [1.807, 2.05) is 24.0 Å². The Hall–Kier alpha value is -2.50. The molecule has 6 nitrogen and oxygen atoms in total. The van der Waals surface area contributed by atoms with Gasteiger partial charge in [0.2, 0.25) is 6.79 Å². The van der Waals surface area contributed by atoms with Crippen molar-refractivity contribution in [2.45, 2.75) is 19.9 Å². The first-order chi connectivity index (χ1) is 10.2. The number of aromatic nitrogens is 2. The standard InChI is InChI=1S/C15H17N3O3/c1-11-8-17-18(9-11)6-2-5-16-15(19)12-3-4-13-14(7-12)21-10-20-13/h3-4,7-9H,2,5-6,10H2,1H3,(H,16,19). The normalized spacial score (nSPS) is 12.4. The summed E-state index contributed by atoms with van der Waals surface area (Å²) < 4.78 is 12.4. The molecule has 2 heterocycles. The summed E-state index contributed by atoms with van der Waals surface area (Å²) in [4.78, 5) is 12.0. The molecule has 0 atom stereocenters. The number of hydrogen-bond donors (Lipinski definition) is 1. The first kappa shape index (κ1) is 13.5. The molecule has 2 aromatic rings. The smallest absolute Gasteiger partial charge is 0.251 e. The van der Waals surface area contributed by atoms with Crippen molar-refractivity contribution < 1.29 is 14.3 Å². The summed E-state index contributed by atoms with van der Waals surface area (Å²) in [6, 6.07) is 5.19. The maximum absolute atomic E-state index is 12.0. The van der Waals surface area contributed by atoms with Gasteiger partial charge in [-0.15, -0.1) is 0 Å². The molecule has 1 aromatic carbocycles. The highest BCUT2D eigenvalue weighted by Crippen LogP contribution is 2.32. The molecule has 3 rings (SSSR count). The van der Waals surface area contributed by atoms with Crippen LogP contribution in [0.5, 0.6) is 11.5 Å². The minimum absolute atomic E-state index is 0.107. The van der Waals surface area contributed by atoms with Crippen LogP contribution in [-0.4, -0.2) is 29.0 Å². The minimum atomic E-state index is -0.107. The Morgan fingerprint density at radius 1 is 1.38 bits per heavy atom. The molecule has 1 N–H and O–H groups in total. The zero-order valence-corrected chi connectivity index (χ0v) is 11.8. The zero-order chi connectivity index (χ0) is 14.7. The molecular weight excluding hydrogens is 270 g/mol. The Bertz CT molecular complexity index is 651. The molecule has 110 valence electrons. The number of aryl methyl sites for hydroxylation is 2. The predicted molar refractivity (Wildman–Crippen MR) is 76.5 cm³/mol. The monoisotopic (exact) mass is 287 g/mol. The highest BCUT2D eigenvalue weighted by atomic mass is 16.7. The van der Waals surface area contributed by atoms with Crippen LogP contribution in [0.4, 0.5) is 0 Å². The fourth-order valence-electron chi connectivity index (χ4n) is 2.17. The van der Waals surface area contributed by atoms with Gasteiger partial charge >= 0.3 is 0 Å². The van der Waals surface area contributed by atoms with E-state index >= 15 is 0 Å². The molecule has 0 bridgehead atoms. The summed E-state index contributed by atoms with van der Waals surface area (Å²) in [5.41, 5.74) is 1.72. The quantitative estimate of drug-likeness (QED) is 0.851. The van der Waals surface area contributed by atoms with Gasteiger partial charge in [-0.2, -0.15) is 5.10 Å². The second-order valence-corrected chi connectivity index (χ2v) is 4.96. The van der Waals surface area contributed by atoms with Gasteiger partial charge < -0.3 is 14.8 Å². The Morgan fingerprint density at radius 2 is 2.24 bits per heavy atom. The lowest BCUT2D eigenvalue weighted by Crippen LogP contribution is -2.25. The average molecular weight is 287 g/mol. The van der Waals surface area contributed by atoms with E-state index in [0.717, 1.165) is 18.5 Å². The van der Waals surface area contributed by atoms with Gasteiger partial charge in [-0.3, -0.25) is 9.48 Å². The number of benzene rings is 1. The van der Waals surface area contributed by atoms with Gasteiger partial charge in [0.15, 0.2) is 11.5 Å². The molecule has 1 aliphatic heterocycles. The molecule has 0 saturated heterocycles. The largest absolute Gasteiger partial charge is 0.454 e. The van der Waals surface area contributed by atoms with Crippen molar-refractivity contribution >= 4 is 5.91 Å². The minimum Gasteiger partial charge on any atom is -0.454 e. The third kappa shape index (κ3) is 3.16. The number of nitrogens with one attached hydrogen (secondary N) is 1. The van der Waals surface area contributed by atoms with Crippen LogP contribution in [0.2, 0.25) is 0 Å². The Morgan fingerprint density at radius 3 is 3.05 bits per heavy atom. The van der Waals surface area contributed by atoms with Crippen molar-refractivity contribution in [2.75, 3.05) is 13.3 Å². The summed E-state index contributed by atoms with van der Waals surface area (Å²) in [6.07, 6.45) is 4.64. The lowest BCUT2D eigenvalue weighted by Gasteiger charge is -2.06. The number of nitrogens with zero attached hydrogens (tertiary/aromatic N) is 2. The van der Waals surface area contributed by atoms with E-state index in [-0.39, 0.29) is 12.7 Å². The first-order valence-electron chi connectivity index (χ1n) is 6.89. The molecule has 0 radical (unpaired) electrons. The number of ether oxygens (including phenoxy) is 2. The number of carbonyl (C=O) groups is 1. The van der Waals surface area contributed by atoms with Crippen LogP contribution in [0, 0.1) is 6.92 Å². The highest BCUT2D eigenvalue weighted by molar-refractivity contribution is 5.94. The van der Waals surface area contributed by atoms with Crippen molar-refractivity contribution in [3.63, 3.8) is 0 Å². The molecule has 1 aromatic heterocycles. The average Bonchev–Trinajstić information content (AvgIpc) is 3.11. The van der Waals surface area contributed by atoms with Gasteiger partial charge in [0.05, 0.1) is 6.20 Å². The van der Waals surface area contributed by atoms with Gasteiger partial charge in [0, 0.05) is 24.8 Å². The van der Waals surface area contributed by atoms with Crippen LogP contribution in [0.15, 0.2) is 30.6 Å². The molecular formula is C15H17N3O3. The second-order valence-electron chi connectivity index (χ2n) is 4.96. The summed E-state index contributed by atoms with van der Waals surface area (Å²) in [7, 11) is 0. The molecule has 0 unspecified atom stereocenters. The van der Waals surface area contributed by atoms with E-state index in [1.165, 1.54) is 0 Å². The highest BCUT2D eigenvalue weighted by Gasteiger charge is 2.15. The lowest BCUT2D eigenvalue weighted by molar-refractivity contribution is 0.0952. The molecule has 1 aliphatic rings. The fraction of sp³-hybridized carbons (Fsp3) is 0.333. The van der Waals surface area contributed by atoms with Crippen LogP contribution in [0.3, 0.4) is 0 Å². The van der Waals surface area contributed by atoms with Gasteiger partial charge in [-0.25, -0.2) is 0 Å². The summed E-state index contributed by atoms with van der Waals surface area (Å²) in [6.45, 7) is 3.61. The summed E-state index contributed by atoms with van der Waals surface area (Å²) in [5.74, 6) is 1.19. The molecule has 0 aliphatic carbocycles. The SMILES string of the molecule is Cc1cnn(CCCNC(=O)c2ccc3c(c2)OCO3)c1. The van der Waals surface area contributed by atoms with E-state index in [4.69, 9.17) is 9.47 Å². The van der Waals surface area contributed by atoms with Crippen LogP contribution in [-0.2, 0) is 6.54 Å². The third-order valence-corrected chi connectivity index (χ3v) is 3.25. The first-order valence-corrected chi connectivity index (χ1v) is 6.89. The van der Waals surface area contributed by atoms with Crippen LogP contribution < -0.4 is 14.8 Å². The Labute approximate surface area is 122 Å². The van der Waals surface area contributed by atoms with E-state index in [2.05, 4.69) is 10.4 Å². The Balaban J connectivity index is 1.48. The number of amides is 1. The molecule has 0 fully saturated rings. The number of fused-ring (bicyclic) bond motifs is 1. The topological polar surface area (TPSA) is 65.4 Å². The third-order valence-electron chi connectivity index (χ3n) is 3.25. The number of carbonyl (C=O) groups excluding carboxylic acids is 1. The van der Waals surface area contributed by atoms with Gasteiger partial charge in [0.1, 0.15) is 0 Å². The van der Waals surface area contributed by atoms with Crippen LogP contribution in [0.1, 0.15) is 22.3 Å². The molecule has 6 heteroatoms. The van der Waals surface area contributed by atoms with E-state index in [1.54, 1.807) is 18.2 Å². The lowest BCUT2D eigenvalue weighted by atomic mass is 10.2. The van der Waals surface area contributed by atoms with Crippen molar-refractivity contribution in [2.24, 2.45) is 0 Å². The fourth-order valence-corrected chi connectivity index (χ4v) is 2.17. The van der Waals surface area contributed by atoms with Crippen molar-refractivity contribution in [1.82, 2.24) is 15.1 Å². The van der Waals surface area contributed by atoms with Crippen LogP contribution in [0.25, 0.3) is 0 Å². The number of rotatable bonds is 5. The maximum atomic E-state index is 12.0.